The predicted octanol–water partition coefficient (Wildman–Crippen LogP) is -0.867. The summed E-state index contributed by atoms with van der Waals surface area (Å²) in [6.45, 7) is 4.40. The summed E-state index contributed by atoms with van der Waals surface area (Å²) in [7, 11) is 0. The number of hydroxylamine groups is 1. The molecule has 0 fully saturated rings. The van der Waals surface area contributed by atoms with Gasteiger partial charge in [0.25, 0.3) is 5.91 Å². The maximum absolute atomic E-state index is 11.1. The van der Waals surface area contributed by atoms with Crippen molar-refractivity contribution in [1.29, 1.82) is 0 Å². The number of alkyl carbamates (subject to hydrolysis) is 1. The molecule has 0 aliphatic carbocycles. The molecule has 98 valence electrons. The van der Waals surface area contributed by atoms with Crippen LogP contribution in [0, 0.1) is 0 Å². The minimum absolute atomic E-state index is 0.312. The second-order valence-corrected chi connectivity index (χ2v) is 4.17. The van der Waals surface area contributed by atoms with Crippen LogP contribution in [0.2, 0.25) is 0 Å². The molecule has 0 aromatic heterocycles. The Kier molecular flexibility index (Phi) is 5.97. The van der Waals surface area contributed by atoms with E-state index < -0.39 is 23.5 Å². The summed E-state index contributed by atoms with van der Waals surface area (Å²) in [5, 5.41) is 12.5. The first kappa shape index (κ1) is 15.2. The first-order valence-electron chi connectivity index (χ1n) is 4.91. The van der Waals surface area contributed by atoms with Crippen LogP contribution >= 0.6 is 0 Å². The number of hydrogen-bond acceptors (Lipinski definition) is 5. The van der Waals surface area contributed by atoms with Gasteiger partial charge in [0.15, 0.2) is 0 Å². The minimum Gasteiger partial charge on any atom is -0.444 e. The third kappa shape index (κ3) is 9.12. The highest BCUT2D eigenvalue weighted by molar-refractivity contribution is 5.86. The van der Waals surface area contributed by atoms with Gasteiger partial charge in [-0.1, -0.05) is 0 Å². The second-order valence-electron chi connectivity index (χ2n) is 4.17. The molecule has 8 heteroatoms. The zero-order valence-corrected chi connectivity index (χ0v) is 9.99. The SMILES string of the molecule is CC(C)(C)OC(=O)NCC(=O)NCC(=O)NO. The molecular formula is C9H17N3O5. The van der Waals surface area contributed by atoms with Gasteiger partial charge in [-0.3, -0.25) is 14.8 Å². The minimum atomic E-state index is -0.754. The van der Waals surface area contributed by atoms with Crippen LogP contribution in [0.1, 0.15) is 20.8 Å². The first-order chi connectivity index (χ1) is 7.74. The van der Waals surface area contributed by atoms with Crippen LogP contribution < -0.4 is 16.1 Å². The van der Waals surface area contributed by atoms with Gasteiger partial charge in [0.1, 0.15) is 12.1 Å². The number of amides is 3. The molecule has 17 heavy (non-hydrogen) atoms. The zero-order chi connectivity index (χ0) is 13.5. The molecule has 0 bridgehead atoms. The highest BCUT2D eigenvalue weighted by Gasteiger charge is 2.16. The van der Waals surface area contributed by atoms with E-state index in [0.29, 0.717) is 0 Å². The predicted molar refractivity (Wildman–Crippen MR) is 57.2 cm³/mol. The van der Waals surface area contributed by atoms with Crippen molar-refractivity contribution in [2.45, 2.75) is 26.4 Å². The summed E-state index contributed by atoms with van der Waals surface area (Å²) in [4.78, 5) is 32.8. The molecule has 4 N–H and O–H groups in total. The van der Waals surface area contributed by atoms with Gasteiger partial charge in [0, 0.05) is 0 Å². The van der Waals surface area contributed by atoms with Crippen LogP contribution in [0.4, 0.5) is 4.79 Å². The lowest BCUT2D eigenvalue weighted by Gasteiger charge is -2.19. The van der Waals surface area contributed by atoms with E-state index in [9.17, 15) is 14.4 Å². The molecule has 0 saturated heterocycles. The van der Waals surface area contributed by atoms with Crippen LogP contribution in [0.5, 0.6) is 0 Å². The van der Waals surface area contributed by atoms with E-state index in [0.717, 1.165) is 0 Å². The highest BCUT2D eigenvalue weighted by atomic mass is 16.6. The summed E-state index contributed by atoms with van der Waals surface area (Å²) in [6, 6.07) is 0. The van der Waals surface area contributed by atoms with E-state index in [1.54, 1.807) is 20.8 Å². The topological polar surface area (TPSA) is 117 Å². The van der Waals surface area contributed by atoms with Crippen molar-refractivity contribution < 1.29 is 24.3 Å². The average molecular weight is 247 g/mol. The second kappa shape index (κ2) is 6.69. The molecule has 8 nitrogen and oxygen atoms in total. The van der Waals surface area contributed by atoms with Crippen molar-refractivity contribution in [3.8, 4) is 0 Å². The van der Waals surface area contributed by atoms with Crippen molar-refractivity contribution in [1.82, 2.24) is 16.1 Å². The van der Waals surface area contributed by atoms with Gasteiger partial charge < -0.3 is 15.4 Å². The Hall–Kier alpha value is -1.83. The molecule has 0 rings (SSSR count). The van der Waals surface area contributed by atoms with Gasteiger partial charge in [-0.15, -0.1) is 0 Å². The van der Waals surface area contributed by atoms with Crippen molar-refractivity contribution >= 4 is 17.9 Å². The third-order valence-electron chi connectivity index (χ3n) is 1.36. The van der Waals surface area contributed by atoms with Crippen LogP contribution in [-0.2, 0) is 14.3 Å². The van der Waals surface area contributed by atoms with Crippen molar-refractivity contribution in [3.05, 3.63) is 0 Å². The summed E-state index contributed by atoms with van der Waals surface area (Å²) in [5.74, 6) is -1.32. The van der Waals surface area contributed by atoms with Gasteiger partial charge in [0.05, 0.1) is 6.54 Å². The molecule has 0 spiro atoms. The maximum atomic E-state index is 11.1. The molecule has 0 radical (unpaired) electrons. The molecule has 0 aromatic carbocycles. The summed E-state index contributed by atoms with van der Waals surface area (Å²) in [5.41, 5.74) is 0.709. The Labute approximate surface area is 98.7 Å². The number of nitrogens with one attached hydrogen (secondary N) is 3. The summed E-state index contributed by atoms with van der Waals surface area (Å²) >= 11 is 0. The Bertz CT molecular complexity index is 297. The quantitative estimate of drug-likeness (QED) is 0.380. The van der Waals surface area contributed by atoms with E-state index >= 15 is 0 Å². The van der Waals surface area contributed by atoms with Crippen molar-refractivity contribution in [3.63, 3.8) is 0 Å². The van der Waals surface area contributed by atoms with Crippen LogP contribution in [0.25, 0.3) is 0 Å². The van der Waals surface area contributed by atoms with E-state index in [4.69, 9.17) is 9.94 Å². The number of carbonyl (C=O) groups excluding carboxylic acids is 3. The Balaban J connectivity index is 3.77. The summed E-state index contributed by atoms with van der Waals surface area (Å²) in [6.07, 6.45) is -0.723. The van der Waals surface area contributed by atoms with Gasteiger partial charge in [-0.2, -0.15) is 0 Å². The monoisotopic (exact) mass is 247 g/mol. The fourth-order valence-corrected chi connectivity index (χ4v) is 0.748. The van der Waals surface area contributed by atoms with Crippen molar-refractivity contribution in [2.75, 3.05) is 13.1 Å². The smallest absolute Gasteiger partial charge is 0.408 e. The number of ether oxygens (including phenoxy) is 1. The number of carbonyl (C=O) groups is 3. The standard InChI is InChI=1S/C9H17N3O5/c1-9(2,3)17-8(15)11-4-6(13)10-5-7(14)12-16/h16H,4-5H2,1-3H3,(H,10,13)(H,11,15)(H,12,14). The van der Waals surface area contributed by atoms with Gasteiger partial charge in [0.2, 0.25) is 5.91 Å². The lowest BCUT2D eigenvalue weighted by molar-refractivity contribution is -0.130. The third-order valence-corrected chi connectivity index (χ3v) is 1.36. The van der Waals surface area contributed by atoms with Crippen LogP contribution in [0.15, 0.2) is 0 Å². The van der Waals surface area contributed by atoms with E-state index in [1.165, 1.54) is 5.48 Å². The van der Waals surface area contributed by atoms with Crippen LogP contribution in [0.3, 0.4) is 0 Å². The molecule has 0 aliphatic rings. The van der Waals surface area contributed by atoms with Gasteiger partial charge in [-0.05, 0) is 20.8 Å². The molecule has 0 saturated carbocycles. The molecule has 0 heterocycles. The first-order valence-corrected chi connectivity index (χ1v) is 4.91. The van der Waals surface area contributed by atoms with Gasteiger partial charge in [-0.25, -0.2) is 10.3 Å². The zero-order valence-electron chi connectivity index (χ0n) is 9.99. The molecule has 3 amide bonds. The fourth-order valence-electron chi connectivity index (χ4n) is 0.748. The maximum Gasteiger partial charge on any atom is 0.408 e. The van der Waals surface area contributed by atoms with Crippen LogP contribution in [-0.4, -0.2) is 41.8 Å². The molecule has 0 unspecified atom stereocenters. The Morgan fingerprint density at radius 1 is 1.06 bits per heavy atom. The normalized spacial score (nSPS) is 10.4. The Morgan fingerprint density at radius 3 is 2.06 bits per heavy atom. The molecule has 0 aromatic rings. The molecule has 0 aliphatic heterocycles. The fraction of sp³-hybridized carbons (Fsp3) is 0.667. The molecule has 0 atom stereocenters. The lowest BCUT2D eigenvalue weighted by atomic mass is 10.2. The Morgan fingerprint density at radius 2 is 1.59 bits per heavy atom. The van der Waals surface area contributed by atoms with Gasteiger partial charge >= 0.3 is 6.09 Å². The molecular weight excluding hydrogens is 230 g/mol. The number of hydrogen-bond donors (Lipinski definition) is 4. The largest absolute Gasteiger partial charge is 0.444 e. The highest BCUT2D eigenvalue weighted by Crippen LogP contribution is 2.05. The number of rotatable bonds is 4. The lowest BCUT2D eigenvalue weighted by Crippen LogP contribution is -2.42. The van der Waals surface area contributed by atoms with E-state index in [1.807, 2.05) is 0 Å². The van der Waals surface area contributed by atoms with E-state index in [2.05, 4.69) is 10.6 Å². The summed E-state index contributed by atoms with van der Waals surface area (Å²) < 4.78 is 4.89. The van der Waals surface area contributed by atoms with E-state index in [-0.39, 0.29) is 13.1 Å². The van der Waals surface area contributed by atoms with Crippen molar-refractivity contribution in [2.24, 2.45) is 0 Å². The average Bonchev–Trinajstić information content (AvgIpc) is 2.20.